The van der Waals surface area contributed by atoms with Crippen molar-refractivity contribution in [1.82, 2.24) is 5.32 Å². The van der Waals surface area contributed by atoms with Crippen molar-refractivity contribution in [2.75, 3.05) is 13.2 Å². The first-order valence-corrected chi connectivity index (χ1v) is 7.68. The Bertz CT molecular complexity index is 360. The van der Waals surface area contributed by atoms with E-state index in [4.69, 9.17) is 15.2 Å². The second-order valence-corrected chi connectivity index (χ2v) is 7.24. The van der Waals surface area contributed by atoms with E-state index in [1.807, 2.05) is 0 Å². The highest BCUT2D eigenvalue weighted by atomic mass is 127. The molecule has 2 aliphatic rings. The zero-order valence-electron chi connectivity index (χ0n) is 13.6. The molecule has 1 saturated carbocycles. The largest absolute Gasteiger partial charge is 0.370 e. The molecule has 0 bridgehead atoms. The minimum atomic E-state index is -0.334. The number of nitrogens with zero attached hydrogens (tertiary/aromatic N) is 1. The van der Waals surface area contributed by atoms with Gasteiger partial charge in [0, 0.05) is 18.4 Å². The lowest BCUT2D eigenvalue weighted by atomic mass is 9.86. The zero-order chi connectivity index (χ0) is 14.8. The average Bonchev–Trinajstić information content (AvgIpc) is 2.73. The Labute approximate surface area is 145 Å². The van der Waals surface area contributed by atoms with Gasteiger partial charge in [0.15, 0.2) is 11.7 Å². The molecule has 1 atom stereocenters. The Morgan fingerprint density at radius 1 is 1.33 bits per heavy atom. The maximum Gasteiger partial charge on any atom is 0.189 e. The van der Waals surface area contributed by atoms with Crippen LogP contribution < -0.4 is 11.1 Å². The van der Waals surface area contributed by atoms with Gasteiger partial charge in [-0.15, -0.1) is 24.0 Å². The van der Waals surface area contributed by atoms with E-state index in [0.717, 1.165) is 18.8 Å². The molecule has 6 heteroatoms. The van der Waals surface area contributed by atoms with Gasteiger partial charge in [-0.05, 0) is 39.5 Å². The SMILES string of the molecule is CC1CCC2(CC1)OCC(CN=C(N)NC(C)(C)C)O2.I. The molecule has 21 heavy (non-hydrogen) atoms. The van der Waals surface area contributed by atoms with E-state index < -0.39 is 0 Å². The van der Waals surface area contributed by atoms with Gasteiger partial charge in [-0.3, -0.25) is 4.99 Å². The topological polar surface area (TPSA) is 68.9 Å². The molecule has 2 fully saturated rings. The molecule has 1 saturated heterocycles. The fourth-order valence-corrected chi connectivity index (χ4v) is 2.79. The molecular weight excluding hydrogens is 381 g/mol. The molecule has 3 N–H and O–H groups in total. The van der Waals surface area contributed by atoms with Gasteiger partial charge < -0.3 is 20.5 Å². The number of aliphatic imine (C=N–C) groups is 1. The van der Waals surface area contributed by atoms with Crippen molar-refractivity contribution in [3.05, 3.63) is 0 Å². The van der Waals surface area contributed by atoms with Gasteiger partial charge in [0.1, 0.15) is 6.10 Å². The summed E-state index contributed by atoms with van der Waals surface area (Å²) in [7, 11) is 0. The van der Waals surface area contributed by atoms with Crippen molar-refractivity contribution in [2.24, 2.45) is 16.6 Å². The third-order valence-corrected chi connectivity index (χ3v) is 3.92. The van der Waals surface area contributed by atoms with Crippen LogP contribution in [0.5, 0.6) is 0 Å². The van der Waals surface area contributed by atoms with E-state index in [2.05, 4.69) is 38.0 Å². The van der Waals surface area contributed by atoms with Gasteiger partial charge in [0.2, 0.25) is 0 Å². The molecule has 1 unspecified atom stereocenters. The Kier molecular flexibility index (Phi) is 6.74. The van der Waals surface area contributed by atoms with Crippen LogP contribution in [0.1, 0.15) is 53.4 Å². The van der Waals surface area contributed by atoms with Crippen molar-refractivity contribution >= 4 is 29.9 Å². The van der Waals surface area contributed by atoms with Gasteiger partial charge in [-0.25, -0.2) is 0 Å². The van der Waals surface area contributed by atoms with Crippen LogP contribution in [-0.2, 0) is 9.47 Å². The van der Waals surface area contributed by atoms with E-state index in [9.17, 15) is 0 Å². The molecule has 1 aliphatic carbocycles. The minimum Gasteiger partial charge on any atom is -0.370 e. The lowest BCUT2D eigenvalue weighted by Crippen LogP contribution is -2.45. The van der Waals surface area contributed by atoms with Crippen LogP contribution in [0.4, 0.5) is 0 Å². The first-order chi connectivity index (χ1) is 9.28. The third kappa shape index (κ3) is 5.90. The fourth-order valence-electron chi connectivity index (χ4n) is 2.79. The summed E-state index contributed by atoms with van der Waals surface area (Å²) in [5.41, 5.74) is 5.80. The van der Waals surface area contributed by atoms with E-state index >= 15 is 0 Å². The Morgan fingerprint density at radius 3 is 2.52 bits per heavy atom. The predicted molar refractivity (Wildman–Crippen MR) is 96.0 cm³/mol. The Balaban J connectivity index is 0.00000220. The first-order valence-electron chi connectivity index (χ1n) is 7.68. The van der Waals surface area contributed by atoms with Crippen LogP contribution in [0.25, 0.3) is 0 Å². The summed E-state index contributed by atoms with van der Waals surface area (Å²) in [6.07, 6.45) is 4.41. The van der Waals surface area contributed by atoms with Gasteiger partial charge in [0.05, 0.1) is 13.2 Å². The zero-order valence-corrected chi connectivity index (χ0v) is 16.0. The number of guanidine groups is 1. The summed E-state index contributed by atoms with van der Waals surface area (Å²) >= 11 is 0. The summed E-state index contributed by atoms with van der Waals surface area (Å²) in [4.78, 5) is 4.36. The molecule has 0 radical (unpaired) electrons. The molecular formula is C15H30IN3O2. The quantitative estimate of drug-likeness (QED) is 0.417. The Hall–Kier alpha value is -0.0800. The summed E-state index contributed by atoms with van der Waals surface area (Å²) in [6, 6.07) is 0. The molecule has 2 rings (SSSR count). The van der Waals surface area contributed by atoms with Crippen molar-refractivity contribution < 1.29 is 9.47 Å². The lowest BCUT2D eigenvalue weighted by molar-refractivity contribution is -0.190. The van der Waals surface area contributed by atoms with Crippen LogP contribution in [0, 0.1) is 5.92 Å². The molecule has 0 aromatic heterocycles. The second kappa shape index (κ2) is 7.46. The van der Waals surface area contributed by atoms with E-state index in [1.165, 1.54) is 12.8 Å². The maximum absolute atomic E-state index is 6.11. The van der Waals surface area contributed by atoms with Crippen molar-refractivity contribution in [3.63, 3.8) is 0 Å². The van der Waals surface area contributed by atoms with E-state index in [0.29, 0.717) is 19.1 Å². The van der Waals surface area contributed by atoms with Crippen molar-refractivity contribution in [1.29, 1.82) is 0 Å². The maximum atomic E-state index is 6.11. The van der Waals surface area contributed by atoms with Crippen LogP contribution >= 0.6 is 24.0 Å². The molecule has 5 nitrogen and oxygen atoms in total. The number of ether oxygens (including phenoxy) is 2. The van der Waals surface area contributed by atoms with Gasteiger partial charge in [-0.2, -0.15) is 0 Å². The van der Waals surface area contributed by atoms with Gasteiger partial charge in [-0.1, -0.05) is 6.92 Å². The highest BCUT2D eigenvalue weighted by Gasteiger charge is 2.43. The minimum absolute atomic E-state index is 0. The molecule has 1 spiro atoms. The van der Waals surface area contributed by atoms with Crippen molar-refractivity contribution in [2.45, 2.75) is 70.8 Å². The molecule has 0 aromatic carbocycles. The van der Waals surface area contributed by atoms with E-state index in [1.54, 1.807) is 0 Å². The highest BCUT2D eigenvalue weighted by molar-refractivity contribution is 14.0. The van der Waals surface area contributed by atoms with Crippen molar-refractivity contribution in [3.8, 4) is 0 Å². The summed E-state index contributed by atoms with van der Waals surface area (Å²) in [5, 5.41) is 3.15. The molecule has 1 heterocycles. The number of nitrogens with one attached hydrogen (secondary N) is 1. The summed E-state index contributed by atoms with van der Waals surface area (Å²) in [6.45, 7) is 9.66. The number of hydrogen-bond donors (Lipinski definition) is 2. The molecule has 124 valence electrons. The summed E-state index contributed by atoms with van der Waals surface area (Å²) < 4.78 is 12.0. The number of rotatable bonds is 2. The lowest BCUT2D eigenvalue weighted by Gasteiger charge is -2.34. The fraction of sp³-hybridized carbons (Fsp3) is 0.933. The Morgan fingerprint density at radius 2 is 1.95 bits per heavy atom. The molecule has 0 amide bonds. The standard InChI is InChI=1S/C15H29N3O2.HI/c1-11-5-7-15(8-6-11)19-10-12(20-15)9-17-13(16)18-14(2,3)4;/h11-12H,5-10H2,1-4H3,(H3,16,17,18);1H. The normalized spacial score (nSPS) is 33.8. The molecule has 1 aliphatic heterocycles. The van der Waals surface area contributed by atoms with Crippen LogP contribution in [0.2, 0.25) is 0 Å². The summed E-state index contributed by atoms with van der Waals surface area (Å²) in [5.74, 6) is 0.926. The average molecular weight is 411 g/mol. The molecule has 0 aromatic rings. The number of nitrogens with two attached hydrogens (primary N) is 1. The van der Waals surface area contributed by atoms with Gasteiger partial charge in [0.25, 0.3) is 0 Å². The highest BCUT2D eigenvalue weighted by Crippen LogP contribution is 2.39. The predicted octanol–water partition coefficient (Wildman–Crippen LogP) is 2.63. The smallest absolute Gasteiger partial charge is 0.189 e. The second-order valence-electron chi connectivity index (χ2n) is 7.24. The van der Waals surface area contributed by atoms with Gasteiger partial charge >= 0.3 is 0 Å². The monoisotopic (exact) mass is 411 g/mol. The van der Waals surface area contributed by atoms with Crippen LogP contribution in [-0.4, -0.2) is 36.5 Å². The van der Waals surface area contributed by atoms with Crippen LogP contribution in [0.15, 0.2) is 4.99 Å². The third-order valence-electron chi connectivity index (χ3n) is 3.92. The number of halogens is 1. The van der Waals surface area contributed by atoms with E-state index in [-0.39, 0.29) is 41.4 Å². The number of hydrogen-bond acceptors (Lipinski definition) is 3. The first kappa shape index (κ1) is 19.0. The van der Waals surface area contributed by atoms with Crippen LogP contribution in [0.3, 0.4) is 0 Å².